The molecule has 0 saturated heterocycles. The standard InChI is InChI=1S/C15H14F3NS/c1-3-11-9-10(7-8-19-11)12-5-4-6-13(14(12)20-2)15(16,17)18/h4-9H,3H2,1-2H3. The Morgan fingerprint density at radius 3 is 2.55 bits per heavy atom. The quantitative estimate of drug-likeness (QED) is 0.735. The van der Waals surface area contributed by atoms with E-state index < -0.39 is 11.7 Å². The Morgan fingerprint density at radius 2 is 1.95 bits per heavy atom. The van der Waals surface area contributed by atoms with E-state index in [-0.39, 0.29) is 4.90 Å². The van der Waals surface area contributed by atoms with Crippen LogP contribution in [0, 0.1) is 0 Å². The van der Waals surface area contributed by atoms with Gasteiger partial charge in [-0.3, -0.25) is 4.98 Å². The van der Waals surface area contributed by atoms with Crippen LogP contribution < -0.4 is 0 Å². The van der Waals surface area contributed by atoms with Crippen molar-refractivity contribution >= 4 is 11.8 Å². The SMILES string of the molecule is CCc1cc(-c2cccc(C(F)(F)F)c2SC)ccn1. The lowest BCUT2D eigenvalue weighted by atomic mass is 10.0. The third kappa shape index (κ3) is 2.98. The Morgan fingerprint density at radius 1 is 1.20 bits per heavy atom. The van der Waals surface area contributed by atoms with Crippen molar-refractivity contribution in [3.8, 4) is 11.1 Å². The van der Waals surface area contributed by atoms with Crippen LogP contribution in [0.25, 0.3) is 11.1 Å². The molecule has 0 unspecified atom stereocenters. The minimum absolute atomic E-state index is 0.258. The summed E-state index contributed by atoms with van der Waals surface area (Å²) in [5.41, 5.74) is 1.65. The van der Waals surface area contributed by atoms with Gasteiger partial charge in [0.15, 0.2) is 0 Å². The van der Waals surface area contributed by atoms with E-state index >= 15 is 0 Å². The van der Waals surface area contributed by atoms with E-state index in [0.29, 0.717) is 5.56 Å². The number of benzene rings is 1. The molecule has 20 heavy (non-hydrogen) atoms. The molecule has 1 nitrogen and oxygen atoms in total. The number of nitrogens with zero attached hydrogens (tertiary/aromatic N) is 1. The summed E-state index contributed by atoms with van der Waals surface area (Å²) < 4.78 is 39.2. The van der Waals surface area contributed by atoms with Crippen molar-refractivity contribution in [2.75, 3.05) is 6.26 Å². The van der Waals surface area contributed by atoms with E-state index in [1.807, 2.05) is 13.0 Å². The molecular weight excluding hydrogens is 283 g/mol. The lowest BCUT2D eigenvalue weighted by Gasteiger charge is -2.15. The number of thioether (sulfide) groups is 1. The Bertz CT molecular complexity index is 608. The maximum absolute atomic E-state index is 13.1. The number of hydrogen-bond acceptors (Lipinski definition) is 2. The number of alkyl halides is 3. The number of halogens is 3. The summed E-state index contributed by atoms with van der Waals surface area (Å²) in [6.45, 7) is 1.97. The van der Waals surface area contributed by atoms with Crippen LogP contribution in [0.15, 0.2) is 41.4 Å². The Labute approximate surface area is 120 Å². The zero-order chi connectivity index (χ0) is 14.8. The monoisotopic (exact) mass is 297 g/mol. The van der Waals surface area contributed by atoms with Crippen LogP contribution in [0.5, 0.6) is 0 Å². The largest absolute Gasteiger partial charge is 0.417 e. The molecule has 106 valence electrons. The van der Waals surface area contributed by atoms with Crippen LogP contribution in [-0.2, 0) is 12.6 Å². The molecule has 0 bridgehead atoms. The third-order valence-corrected chi connectivity index (χ3v) is 3.86. The highest BCUT2D eigenvalue weighted by Crippen LogP contribution is 2.41. The molecule has 0 aliphatic carbocycles. The van der Waals surface area contributed by atoms with Crippen LogP contribution in [0.3, 0.4) is 0 Å². The number of rotatable bonds is 3. The molecule has 2 rings (SSSR count). The average Bonchev–Trinajstić information content (AvgIpc) is 2.45. The number of pyridine rings is 1. The Kier molecular flexibility index (Phi) is 4.38. The van der Waals surface area contributed by atoms with Gasteiger partial charge in [-0.2, -0.15) is 13.2 Å². The van der Waals surface area contributed by atoms with Crippen molar-refractivity contribution in [2.24, 2.45) is 0 Å². The smallest absolute Gasteiger partial charge is 0.261 e. The minimum Gasteiger partial charge on any atom is -0.261 e. The van der Waals surface area contributed by atoms with Gasteiger partial charge in [-0.25, -0.2) is 0 Å². The van der Waals surface area contributed by atoms with Crippen LogP contribution in [0.1, 0.15) is 18.2 Å². The molecule has 1 aromatic heterocycles. The summed E-state index contributed by atoms with van der Waals surface area (Å²) in [7, 11) is 0. The Balaban J connectivity index is 2.62. The maximum atomic E-state index is 13.1. The van der Waals surface area contributed by atoms with Gasteiger partial charge in [0.05, 0.1) is 5.56 Å². The first kappa shape index (κ1) is 14.9. The Hall–Kier alpha value is -1.49. The van der Waals surface area contributed by atoms with Crippen molar-refractivity contribution in [1.29, 1.82) is 0 Å². The molecular formula is C15H14F3NS. The molecule has 0 radical (unpaired) electrons. The molecule has 1 heterocycles. The van der Waals surface area contributed by atoms with Crippen LogP contribution in [0.4, 0.5) is 13.2 Å². The van der Waals surface area contributed by atoms with Gasteiger partial charge in [0.1, 0.15) is 0 Å². The van der Waals surface area contributed by atoms with Crippen molar-refractivity contribution in [1.82, 2.24) is 4.98 Å². The van der Waals surface area contributed by atoms with Crippen LogP contribution >= 0.6 is 11.8 Å². The summed E-state index contributed by atoms with van der Waals surface area (Å²) in [4.78, 5) is 4.44. The van der Waals surface area contributed by atoms with Crippen LogP contribution in [0.2, 0.25) is 0 Å². The lowest BCUT2D eigenvalue weighted by molar-refractivity contribution is -0.139. The molecule has 1 aromatic carbocycles. The lowest BCUT2D eigenvalue weighted by Crippen LogP contribution is -2.07. The molecule has 0 N–H and O–H groups in total. The summed E-state index contributed by atoms with van der Waals surface area (Å²) in [6, 6.07) is 7.88. The van der Waals surface area contributed by atoms with Gasteiger partial charge in [0.2, 0.25) is 0 Å². The van der Waals surface area contributed by atoms with Crippen molar-refractivity contribution in [2.45, 2.75) is 24.4 Å². The first-order valence-electron chi connectivity index (χ1n) is 6.17. The van der Waals surface area contributed by atoms with Gasteiger partial charge >= 0.3 is 6.18 Å². The number of aryl methyl sites for hydroxylation is 1. The van der Waals surface area contributed by atoms with E-state index in [1.54, 1.807) is 24.6 Å². The third-order valence-electron chi connectivity index (χ3n) is 3.01. The molecule has 0 fully saturated rings. The molecule has 0 aliphatic rings. The summed E-state index contributed by atoms with van der Waals surface area (Å²) >= 11 is 1.12. The zero-order valence-corrected chi connectivity index (χ0v) is 12.0. The summed E-state index contributed by atoms with van der Waals surface area (Å²) in [5, 5.41) is 0. The molecule has 2 aromatic rings. The molecule has 0 atom stereocenters. The topological polar surface area (TPSA) is 12.9 Å². The highest BCUT2D eigenvalue weighted by Gasteiger charge is 2.34. The predicted molar refractivity (Wildman–Crippen MR) is 75.8 cm³/mol. The normalized spacial score (nSPS) is 11.7. The second-order valence-corrected chi connectivity index (χ2v) is 5.09. The van der Waals surface area contributed by atoms with Gasteiger partial charge in [0.25, 0.3) is 0 Å². The van der Waals surface area contributed by atoms with E-state index in [9.17, 15) is 13.2 Å². The van der Waals surface area contributed by atoms with Gasteiger partial charge in [-0.1, -0.05) is 19.1 Å². The van der Waals surface area contributed by atoms with E-state index in [0.717, 1.165) is 35.5 Å². The second-order valence-electron chi connectivity index (χ2n) is 4.27. The molecule has 0 saturated carbocycles. The highest BCUT2D eigenvalue weighted by molar-refractivity contribution is 7.98. The van der Waals surface area contributed by atoms with Gasteiger partial charge in [-0.05, 0) is 42.0 Å². The van der Waals surface area contributed by atoms with Crippen LogP contribution in [-0.4, -0.2) is 11.2 Å². The number of aromatic nitrogens is 1. The fourth-order valence-corrected chi connectivity index (χ4v) is 2.86. The van der Waals surface area contributed by atoms with E-state index in [2.05, 4.69) is 4.98 Å². The molecule has 5 heteroatoms. The van der Waals surface area contributed by atoms with Gasteiger partial charge < -0.3 is 0 Å². The van der Waals surface area contributed by atoms with Crippen molar-refractivity contribution in [3.05, 3.63) is 47.8 Å². The maximum Gasteiger partial charge on any atom is 0.417 e. The van der Waals surface area contributed by atoms with Gasteiger partial charge in [-0.15, -0.1) is 11.8 Å². The zero-order valence-electron chi connectivity index (χ0n) is 11.2. The summed E-state index contributed by atoms with van der Waals surface area (Å²) in [5.74, 6) is 0. The predicted octanol–water partition coefficient (Wildman–Crippen LogP) is 5.05. The highest BCUT2D eigenvalue weighted by atomic mass is 32.2. The first-order chi connectivity index (χ1) is 9.47. The van der Waals surface area contributed by atoms with Crippen molar-refractivity contribution < 1.29 is 13.2 Å². The van der Waals surface area contributed by atoms with Crippen molar-refractivity contribution in [3.63, 3.8) is 0 Å². The first-order valence-corrected chi connectivity index (χ1v) is 7.39. The molecule has 0 aliphatic heterocycles. The fraction of sp³-hybridized carbons (Fsp3) is 0.267. The van der Waals surface area contributed by atoms with Gasteiger partial charge in [0, 0.05) is 16.8 Å². The van der Waals surface area contributed by atoms with E-state index in [4.69, 9.17) is 0 Å². The molecule has 0 spiro atoms. The molecule has 0 amide bonds. The van der Waals surface area contributed by atoms with E-state index in [1.165, 1.54) is 6.07 Å². The number of hydrogen-bond donors (Lipinski definition) is 0. The minimum atomic E-state index is -4.34. The second kappa shape index (κ2) is 5.87. The average molecular weight is 297 g/mol. The summed E-state index contributed by atoms with van der Waals surface area (Å²) in [6.07, 6.45) is -0.287. The fourth-order valence-electron chi connectivity index (χ4n) is 2.05.